The van der Waals surface area contributed by atoms with Crippen molar-refractivity contribution in [3.05, 3.63) is 29.4 Å². The van der Waals surface area contributed by atoms with Crippen molar-refractivity contribution < 1.29 is 13.2 Å². The first-order valence-electron chi connectivity index (χ1n) is 6.11. The molecule has 0 saturated carbocycles. The highest BCUT2D eigenvalue weighted by Crippen LogP contribution is 2.31. The van der Waals surface area contributed by atoms with Crippen LogP contribution in [0.15, 0.2) is 29.2 Å². The van der Waals surface area contributed by atoms with Gasteiger partial charge in [-0.1, -0.05) is 18.5 Å². The predicted molar refractivity (Wildman–Crippen MR) is 78.5 cm³/mol. The molecule has 7 heteroatoms. The van der Waals surface area contributed by atoms with Crippen molar-refractivity contribution in [3.8, 4) is 5.75 Å². The van der Waals surface area contributed by atoms with Gasteiger partial charge in [-0.25, -0.2) is 18.5 Å². The average molecular weight is 315 g/mol. The van der Waals surface area contributed by atoms with Crippen LogP contribution in [0.5, 0.6) is 5.75 Å². The van der Waals surface area contributed by atoms with Crippen LogP contribution in [0.4, 0.5) is 0 Å². The zero-order valence-corrected chi connectivity index (χ0v) is 12.7. The molecular formula is C13H15ClN2O3S. The largest absolute Gasteiger partial charge is 0.488 e. The van der Waals surface area contributed by atoms with E-state index in [1.165, 1.54) is 12.1 Å². The van der Waals surface area contributed by atoms with Gasteiger partial charge < -0.3 is 4.74 Å². The summed E-state index contributed by atoms with van der Waals surface area (Å²) in [5.41, 5.74) is 0.393. The molecule has 108 valence electrons. The maximum Gasteiger partial charge on any atom is 0.238 e. The molecule has 0 aliphatic rings. The van der Waals surface area contributed by atoms with Gasteiger partial charge in [0.2, 0.25) is 10.0 Å². The van der Waals surface area contributed by atoms with E-state index in [0.29, 0.717) is 16.7 Å². The number of rotatable bonds is 4. The highest BCUT2D eigenvalue weighted by atomic mass is 35.5. The van der Waals surface area contributed by atoms with Gasteiger partial charge in [-0.2, -0.15) is 0 Å². The lowest BCUT2D eigenvalue weighted by atomic mass is 10.2. The van der Waals surface area contributed by atoms with E-state index in [2.05, 4.69) is 4.98 Å². The smallest absolute Gasteiger partial charge is 0.238 e. The number of hydrogen-bond acceptors (Lipinski definition) is 4. The molecule has 0 amide bonds. The summed E-state index contributed by atoms with van der Waals surface area (Å²) in [6, 6.07) is 6.07. The van der Waals surface area contributed by atoms with E-state index in [1.807, 2.05) is 13.8 Å². The molecule has 0 aliphatic heterocycles. The van der Waals surface area contributed by atoms with E-state index in [-0.39, 0.29) is 16.2 Å². The fourth-order valence-corrected chi connectivity index (χ4v) is 2.66. The molecule has 20 heavy (non-hydrogen) atoms. The number of benzene rings is 1. The topological polar surface area (TPSA) is 82.3 Å². The Balaban J connectivity index is 2.71. The van der Waals surface area contributed by atoms with Crippen LogP contribution in [0.2, 0.25) is 5.15 Å². The zero-order chi connectivity index (χ0) is 14.9. The van der Waals surface area contributed by atoms with E-state index in [9.17, 15) is 8.42 Å². The number of nitrogens with two attached hydrogens (primary N) is 1. The number of fused-ring (bicyclic) bond motifs is 1. The third-order valence-corrected chi connectivity index (χ3v) is 4.14. The minimum Gasteiger partial charge on any atom is -0.488 e. The van der Waals surface area contributed by atoms with Crippen molar-refractivity contribution in [2.75, 3.05) is 0 Å². The number of nitrogens with zero attached hydrogens (tertiary/aromatic N) is 1. The number of ether oxygens (including phenoxy) is 1. The molecule has 0 fully saturated rings. The first kappa shape index (κ1) is 15.0. The molecule has 5 nitrogen and oxygen atoms in total. The molecule has 1 heterocycles. The minimum atomic E-state index is -3.83. The van der Waals surface area contributed by atoms with Crippen LogP contribution < -0.4 is 9.88 Å². The molecule has 0 spiro atoms. The molecule has 2 rings (SSSR count). The summed E-state index contributed by atoms with van der Waals surface area (Å²) in [5.74, 6) is 0.490. The Morgan fingerprint density at radius 1 is 1.35 bits per heavy atom. The maximum atomic E-state index is 11.6. The molecule has 0 saturated heterocycles. The number of pyridine rings is 1. The van der Waals surface area contributed by atoms with Gasteiger partial charge in [0.25, 0.3) is 0 Å². The summed E-state index contributed by atoms with van der Waals surface area (Å²) in [6.45, 7) is 3.91. The molecule has 1 unspecified atom stereocenters. The van der Waals surface area contributed by atoms with Crippen molar-refractivity contribution in [1.82, 2.24) is 4.98 Å². The summed E-state index contributed by atoms with van der Waals surface area (Å²) >= 11 is 5.88. The highest BCUT2D eigenvalue weighted by molar-refractivity contribution is 7.89. The fraction of sp³-hybridized carbons (Fsp3) is 0.308. The molecule has 0 bridgehead atoms. The normalized spacial score (nSPS) is 13.4. The maximum absolute atomic E-state index is 11.6. The van der Waals surface area contributed by atoms with Gasteiger partial charge in [0, 0.05) is 5.39 Å². The van der Waals surface area contributed by atoms with Gasteiger partial charge in [0.05, 0.1) is 11.0 Å². The Morgan fingerprint density at radius 2 is 2.05 bits per heavy atom. The monoisotopic (exact) mass is 314 g/mol. The van der Waals surface area contributed by atoms with Crippen LogP contribution in [0.3, 0.4) is 0 Å². The van der Waals surface area contributed by atoms with Crippen molar-refractivity contribution in [3.63, 3.8) is 0 Å². The van der Waals surface area contributed by atoms with Gasteiger partial charge in [-0.3, -0.25) is 0 Å². The van der Waals surface area contributed by atoms with Crippen molar-refractivity contribution in [2.45, 2.75) is 31.3 Å². The van der Waals surface area contributed by atoms with Gasteiger partial charge >= 0.3 is 0 Å². The minimum absolute atomic E-state index is 0.00756. The number of primary sulfonamides is 1. The van der Waals surface area contributed by atoms with Crippen LogP contribution in [-0.2, 0) is 10.0 Å². The Morgan fingerprint density at radius 3 is 2.65 bits per heavy atom. The molecule has 1 aromatic carbocycles. The Hall–Kier alpha value is -1.37. The van der Waals surface area contributed by atoms with Gasteiger partial charge in [0.1, 0.15) is 16.4 Å². The fourth-order valence-electron chi connectivity index (χ4n) is 1.79. The zero-order valence-electron chi connectivity index (χ0n) is 11.1. The quantitative estimate of drug-likeness (QED) is 0.880. The van der Waals surface area contributed by atoms with Crippen LogP contribution in [0, 0.1) is 0 Å². The second-order valence-electron chi connectivity index (χ2n) is 4.47. The van der Waals surface area contributed by atoms with Crippen LogP contribution >= 0.6 is 11.6 Å². The predicted octanol–water partition coefficient (Wildman–Crippen LogP) is 2.71. The lowest BCUT2D eigenvalue weighted by Gasteiger charge is -2.15. The van der Waals surface area contributed by atoms with E-state index in [4.69, 9.17) is 21.5 Å². The van der Waals surface area contributed by atoms with E-state index < -0.39 is 10.0 Å². The van der Waals surface area contributed by atoms with Gasteiger partial charge in [0.15, 0.2) is 0 Å². The molecule has 1 aromatic heterocycles. The highest BCUT2D eigenvalue weighted by Gasteiger charge is 2.17. The van der Waals surface area contributed by atoms with Crippen molar-refractivity contribution >= 4 is 32.5 Å². The van der Waals surface area contributed by atoms with Crippen LogP contribution in [0.25, 0.3) is 10.9 Å². The number of sulfonamides is 1. The third kappa shape index (κ3) is 3.03. The SMILES string of the molecule is CCC(C)Oc1ccc(S(N)(=O)=O)c2ccc(Cl)nc12. The Bertz CT molecular complexity index is 747. The molecule has 0 radical (unpaired) electrons. The summed E-state index contributed by atoms with van der Waals surface area (Å²) in [5, 5.41) is 5.87. The Kier molecular flexibility index (Phi) is 4.17. The lowest BCUT2D eigenvalue weighted by molar-refractivity contribution is 0.220. The first-order valence-corrected chi connectivity index (χ1v) is 8.04. The molecule has 1 atom stereocenters. The first-order chi connectivity index (χ1) is 9.32. The summed E-state index contributed by atoms with van der Waals surface area (Å²) in [6.07, 6.45) is 0.804. The standard InChI is InChI=1S/C13H15ClN2O3S/c1-3-8(2)19-10-5-6-11(20(15,17)18)9-4-7-12(14)16-13(9)10/h4-8H,3H2,1-2H3,(H2,15,17,18). The van der Waals surface area contributed by atoms with Gasteiger partial charge in [-0.05, 0) is 37.6 Å². The lowest BCUT2D eigenvalue weighted by Crippen LogP contribution is -2.14. The van der Waals surface area contributed by atoms with E-state index in [1.54, 1.807) is 12.1 Å². The van der Waals surface area contributed by atoms with Crippen molar-refractivity contribution in [2.24, 2.45) is 5.14 Å². The summed E-state index contributed by atoms with van der Waals surface area (Å²) in [7, 11) is -3.83. The second-order valence-corrected chi connectivity index (χ2v) is 6.39. The second kappa shape index (κ2) is 5.55. The summed E-state index contributed by atoms with van der Waals surface area (Å²) in [4.78, 5) is 4.17. The Labute approximate surface area is 122 Å². The van der Waals surface area contributed by atoms with Crippen LogP contribution in [-0.4, -0.2) is 19.5 Å². The number of hydrogen-bond donors (Lipinski definition) is 1. The average Bonchev–Trinajstić information content (AvgIpc) is 2.37. The third-order valence-electron chi connectivity index (χ3n) is 2.96. The number of aromatic nitrogens is 1. The van der Waals surface area contributed by atoms with E-state index >= 15 is 0 Å². The molecule has 0 aliphatic carbocycles. The van der Waals surface area contributed by atoms with Crippen LogP contribution in [0.1, 0.15) is 20.3 Å². The van der Waals surface area contributed by atoms with Crippen molar-refractivity contribution in [1.29, 1.82) is 0 Å². The molecular weight excluding hydrogens is 300 g/mol. The molecule has 2 N–H and O–H groups in total. The number of halogens is 1. The molecule has 2 aromatic rings. The van der Waals surface area contributed by atoms with E-state index in [0.717, 1.165) is 6.42 Å². The van der Waals surface area contributed by atoms with Gasteiger partial charge in [-0.15, -0.1) is 0 Å². The summed E-state index contributed by atoms with van der Waals surface area (Å²) < 4.78 is 28.9.